The Morgan fingerprint density at radius 2 is 2.00 bits per heavy atom. The second-order valence-corrected chi connectivity index (χ2v) is 9.91. The molecule has 0 N–H and O–H groups in total. The van der Waals surface area contributed by atoms with Crippen LogP contribution in [0.15, 0.2) is 22.7 Å². The van der Waals surface area contributed by atoms with Gasteiger partial charge in [0.05, 0.1) is 11.7 Å². The van der Waals surface area contributed by atoms with E-state index in [-0.39, 0.29) is 23.7 Å². The summed E-state index contributed by atoms with van der Waals surface area (Å²) in [5.74, 6) is -0.289. The Labute approximate surface area is 157 Å². The first kappa shape index (κ1) is 18.9. The molecule has 0 aromatic heterocycles. The zero-order chi connectivity index (χ0) is 18.0. The van der Waals surface area contributed by atoms with Crippen molar-refractivity contribution in [2.75, 3.05) is 18.8 Å². The maximum absolute atomic E-state index is 12.6. The van der Waals surface area contributed by atoms with Crippen LogP contribution in [0.3, 0.4) is 0 Å². The van der Waals surface area contributed by atoms with Gasteiger partial charge in [-0.3, -0.25) is 4.79 Å². The van der Waals surface area contributed by atoms with E-state index in [2.05, 4.69) is 22.0 Å². The molecule has 138 valence electrons. The van der Waals surface area contributed by atoms with Crippen LogP contribution in [0.4, 0.5) is 0 Å². The maximum atomic E-state index is 12.6. The molecule has 1 aromatic rings. The molecular weight excluding hydrogens is 406 g/mol. The van der Waals surface area contributed by atoms with E-state index in [4.69, 9.17) is 4.74 Å². The van der Waals surface area contributed by atoms with Gasteiger partial charge < -0.3 is 4.74 Å². The third kappa shape index (κ3) is 4.26. The van der Waals surface area contributed by atoms with Crippen LogP contribution in [0.1, 0.15) is 49.8 Å². The van der Waals surface area contributed by atoms with Crippen LogP contribution in [0.25, 0.3) is 0 Å². The minimum Gasteiger partial charge on any atom is -0.457 e. The van der Waals surface area contributed by atoms with E-state index in [1.807, 2.05) is 12.1 Å². The average Bonchev–Trinajstić information content (AvgIpc) is 2.62. The second kappa shape index (κ2) is 7.76. The van der Waals surface area contributed by atoms with E-state index in [0.29, 0.717) is 25.9 Å². The molecule has 3 rings (SSSR count). The van der Waals surface area contributed by atoms with Crippen molar-refractivity contribution < 1.29 is 17.9 Å². The van der Waals surface area contributed by atoms with Crippen molar-refractivity contribution in [3.05, 3.63) is 33.8 Å². The van der Waals surface area contributed by atoms with Gasteiger partial charge in [0.2, 0.25) is 10.0 Å². The molecule has 1 atom stereocenters. The zero-order valence-corrected chi connectivity index (χ0v) is 16.8. The molecule has 1 aliphatic heterocycles. The smallest absolute Gasteiger partial charge is 0.309 e. The van der Waals surface area contributed by atoms with Gasteiger partial charge in [-0.1, -0.05) is 22.0 Å². The molecule has 1 aliphatic carbocycles. The summed E-state index contributed by atoms with van der Waals surface area (Å²) in [5.41, 5.74) is 2.34. The minimum absolute atomic E-state index is 0.107. The van der Waals surface area contributed by atoms with Crippen LogP contribution >= 0.6 is 15.9 Å². The molecule has 0 radical (unpaired) electrons. The van der Waals surface area contributed by atoms with Gasteiger partial charge in [0.1, 0.15) is 6.10 Å². The Kier molecular flexibility index (Phi) is 5.85. The van der Waals surface area contributed by atoms with Crippen molar-refractivity contribution in [2.45, 2.75) is 45.1 Å². The Morgan fingerprint density at radius 3 is 2.68 bits per heavy atom. The number of ether oxygens (including phenoxy) is 1. The van der Waals surface area contributed by atoms with E-state index >= 15 is 0 Å². The van der Waals surface area contributed by atoms with Gasteiger partial charge in [0.25, 0.3) is 0 Å². The average molecular weight is 430 g/mol. The van der Waals surface area contributed by atoms with Crippen LogP contribution in [-0.2, 0) is 26.0 Å². The fourth-order valence-corrected chi connectivity index (χ4v) is 5.15. The normalized spacial score (nSPS) is 22.4. The molecular formula is C18H24BrNO4S. The SMILES string of the molecule is CCS(=O)(=O)N1CCC(C(=O)O[C@@H]2CCCc3ccc(Br)cc32)CC1. The van der Waals surface area contributed by atoms with E-state index < -0.39 is 10.0 Å². The summed E-state index contributed by atoms with van der Waals surface area (Å²) in [4.78, 5) is 12.6. The number of fused-ring (bicyclic) bond motifs is 1. The van der Waals surface area contributed by atoms with Crippen molar-refractivity contribution in [1.82, 2.24) is 4.31 Å². The summed E-state index contributed by atoms with van der Waals surface area (Å²) in [5, 5.41) is 0. The Morgan fingerprint density at radius 1 is 1.28 bits per heavy atom. The lowest BCUT2D eigenvalue weighted by molar-refractivity contribution is -0.156. The maximum Gasteiger partial charge on any atom is 0.309 e. The number of esters is 1. The number of piperidine rings is 1. The van der Waals surface area contributed by atoms with E-state index in [9.17, 15) is 13.2 Å². The van der Waals surface area contributed by atoms with Gasteiger partial charge in [-0.25, -0.2) is 12.7 Å². The quantitative estimate of drug-likeness (QED) is 0.687. The Bertz CT molecular complexity index is 741. The Balaban J connectivity index is 1.62. The monoisotopic (exact) mass is 429 g/mol. The molecule has 0 bridgehead atoms. The molecule has 0 saturated carbocycles. The lowest BCUT2D eigenvalue weighted by atomic mass is 9.89. The molecule has 7 heteroatoms. The van der Waals surface area contributed by atoms with Gasteiger partial charge in [-0.15, -0.1) is 0 Å². The lowest BCUT2D eigenvalue weighted by Crippen LogP contribution is -2.41. The lowest BCUT2D eigenvalue weighted by Gasteiger charge is -2.32. The first-order valence-corrected chi connectivity index (χ1v) is 11.3. The molecule has 5 nitrogen and oxygen atoms in total. The van der Waals surface area contributed by atoms with Gasteiger partial charge >= 0.3 is 5.97 Å². The number of carbonyl (C=O) groups is 1. The number of sulfonamides is 1. The highest BCUT2D eigenvalue weighted by Crippen LogP contribution is 2.35. The van der Waals surface area contributed by atoms with Crippen molar-refractivity contribution in [1.29, 1.82) is 0 Å². The topological polar surface area (TPSA) is 63.7 Å². The highest BCUT2D eigenvalue weighted by molar-refractivity contribution is 9.10. The largest absolute Gasteiger partial charge is 0.457 e. The molecule has 1 heterocycles. The number of halogens is 1. The fourth-order valence-electron chi connectivity index (χ4n) is 3.64. The van der Waals surface area contributed by atoms with Crippen LogP contribution in [0, 0.1) is 5.92 Å². The highest BCUT2D eigenvalue weighted by Gasteiger charge is 2.33. The number of hydrogen-bond donors (Lipinski definition) is 0. The van der Waals surface area contributed by atoms with Crippen molar-refractivity contribution in [2.24, 2.45) is 5.92 Å². The zero-order valence-electron chi connectivity index (χ0n) is 14.4. The number of rotatable bonds is 4. The Hall–Kier alpha value is -0.920. The summed E-state index contributed by atoms with van der Waals surface area (Å²) < 4.78 is 32.2. The van der Waals surface area contributed by atoms with Crippen molar-refractivity contribution in [3.63, 3.8) is 0 Å². The number of carbonyl (C=O) groups excluding carboxylic acids is 1. The molecule has 0 amide bonds. The van der Waals surface area contributed by atoms with Crippen molar-refractivity contribution in [3.8, 4) is 0 Å². The first-order valence-electron chi connectivity index (χ1n) is 8.87. The summed E-state index contributed by atoms with van der Waals surface area (Å²) >= 11 is 3.49. The fraction of sp³-hybridized carbons (Fsp3) is 0.611. The van der Waals surface area contributed by atoms with E-state index in [1.165, 1.54) is 9.87 Å². The van der Waals surface area contributed by atoms with Crippen LogP contribution < -0.4 is 0 Å². The molecule has 1 saturated heterocycles. The summed E-state index contributed by atoms with van der Waals surface area (Å²) in [6, 6.07) is 6.16. The summed E-state index contributed by atoms with van der Waals surface area (Å²) in [7, 11) is -3.17. The standard InChI is InChI=1S/C18H24BrNO4S/c1-2-25(22,23)20-10-8-14(9-11-20)18(21)24-17-5-3-4-13-6-7-15(19)12-16(13)17/h6-7,12,14,17H,2-5,8-11H2,1H3/t17-/m1/s1. The van der Waals surface area contributed by atoms with Gasteiger partial charge in [0.15, 0.2) is 0 Å². The van der Waals surface area contributed by atoms with Gasteiger partial charge in [-0.2, -0.15) is 0 Å². The van der Waals surface area contributed by atoms with E-state index in [0.717, 1.165) is 29.3 Å². The molecule has 1 fully saturated rings. The highest BCUT2D eigenvalue weighted by atomic mass is 79.9. The van der Waals surface area contributed by atoms with Crippen molar-refractivity contribution >= 4 is 31.9 Å². The predicted octanol–water partition coefficient (Wildman–Crippen LogP) is 3.43. The minimum atomic E-state index is -3.17. The third-order valence-electron chi connectivity index (χ3n) is 5.17. The van der Waals surface area contributed by atoms with Crippen LogP contribution in [0.5, 0.6) is 0 Å². The molecule has 2 aliphatic rings. The first-order chi connectivity index (χ1) is 11.9. The van der Waals surface area contributed by atoms with Gasteiger partial charge in [0, 0.05) is 17.6 Å². The van der Waals surface area contributed by atoms with Gasteiger partial charge in [-0.05, 0) is 62.3 Å². The predicted molar refractivity (Wildman–Crippen MR) is 99.7 cm³/mol. The number of hydrogen-bond acceptors (Lipinski definition) is 4. The number of nitrogens with zero attached hydrogens (tertiary/aromatic N) is 1. The van der Waals surface area contributed by atoms with Crippen LogP contribution in [0.2, 0.25) is 0 Å². The number of benzene rings is 1. The molecule has 0 spiro atoms. The summed E-state index contributed by atoms with van der Waals surface area (Å²) in [6.07, 6.45) is 3.76. The van der Waals surface area contributed by atoms with E-state index in [1.54, 1.807) is 6.92 Å². The van der Waals surface area contributed by atoms with Crippen LogP contribution in [-0.4, -0.2) is 37.5 Å². The summed E-state index contributed by atoms with van der Waals surface area (Å²) in [6.45, 7) is 2.46. The third-order valence-corrected chi connectivity index (χ3v) is 7.55. The molecule has 25 heavy (non-hydrogen) atoms. The second-order valence-electron chi connectivity index (χ2n) is 6.73. The molecule has 1 aromatic carbocycles. The molecule has 0 unspecified atom stereocenters. The number of aryl methyl sites for hydroxylation is 1.